The first-order valence-corrected chi connectivity index (χ1v) is 6.94. The summed E-state index contributed by atoms with van der Waals surface area (Å²) < 4.78 is 0. The van der Waals surface area contributed by atoms with Crippen LogP contribution in [0.25, 0.3) is 11.4 Å². The molecule has 0 aliphatic carbocycles. The smallest absolute Gasteiger partial charge is 0.243 e. The van der Waals surface area contributed by atoms with Crippen LogP contribution in [0.2, 0.25) is 5.02 Å². The van der Waals surface area contributed by atoms with Gasteiger partial charge in [-0.15, -0.1) is 10.2 Å². The summed E-state index contributed by atoms with van der Waals surface area (Å²) in [6.07, 6.45) is 0.656. The molecule has 0 saturated heterocycles. The monoisotopic (exact) mass is 309 g/mol. The van der Waals surface area contributed by atoms with E-state index in [2.05, 4.69) is 20.7 Å². The maximum atomic E-state index is 11.8. The molecule has 1 atom stereocenters. The summed E-state index contributed by atoms with van der Waals surface area (Å²) in [7, 11) is 0. The van der Waals surface area contributed by atoms with Crippen LogP contribution in [-0.4, -0.2) is 43.9 Å². The minimum atomic E-state index is -0.268. The molecule has 7 nitrogen and oxygen atoms in total. The standard InChI is InChI=1S/C13H16ClN5O2/c1-2-11(8-20)15-12(21)7-19-17-13(16-18-19)9-3-5-10(14)6-4-9/h3-6,11,20H,2,7-8H2,1H3,(H,15,21). The van der Waals surface area contributed by atoms with Crippen LogP contribution < -0.4 is 5.32 Å². The molecule has 1 heterocycles. The van der Waals surface area contributed by atoms with Gasteiger partial charge in [0, 0.05) is 10.6 Å². The van der Waals surface area contributed by atoms with Crippen LogP contribution in [-0.2, 0) is 11.3 Å². The zero-order chi connectivity index (χ0) is 15.2. The van der Waals surface area contributed by atoms with Crippen molar-refractivity contribution in [2.45, 2.75) is 25.9 Å². The molecule has 0 aliphatic rings. The lowest BCUT2D eigenvalue weighted by molar-refractivity contribution is -0.123. The molecule has 2 rings (SSSR count). The molecule has 2 aromatic rings. The molecule has 112 valence electrons. The van der Waals surface area contributed by atoms with Crippen LogP contribution in [0.4, 0.5) is 0 Å². The van der Waals surface area contributed by atoms with Gasteiger partial charge in [-0.1, -0.05) is 18.5 Å². The molecule has 0 radical (unpaired) electrons. The van der Waals surface area contributed by atoms with Gasteiger partial charge >= 0.3 is 0 Å². The van der Waals surface area contributed by atoms with Crippen molar-refractivity contribution in [2.24, 2.45) is 0 Å². The van der Waals surface area contributed by atoms with Gasteiger partial charge in [0.25, 0.3) is 0 Å². The van der Waals surface area contributed by atoms with E-state index < -0.39 is 0 Å². The Morgan fingerprint density at radius 2 is 2.14 bits per heavy atom. The number of amides is 1. The topological polar surface area (TPSA) is 92.9 Å². The van der Waals surface area contributed by atoms with E-state index in [1.807, 2.05) is 6.92 Å². The molecule has 2 N–H and O–H groups in total. The van der Waals surface area contributed by atoms with Gasteiger partial charge in [-0.2, -0.15) is 4.80 Å². The fourth-order valence-corrected chi connectivity index (χ4v) is 1.83. The van der Waals surface area contributed by atoms with Gasteiger partial charge in [-0.05, 0) is 35.9 Å². The van der Waals surface area contributed by atoms with Crippen LogP contribution in [0.1, 0.15) is 13.3 Å². The predicted octanol–water partition coefficient (Wildman–Crippen LogP) is 0.881. The lowest BCUT2D eigenvalue weighted by Gasteiger charge is -2.13. The fourth-order valence-electron chi connectivity index (χ4n) is 1.70. The first-order chi connectivity index (χ1) is 10.1. The number of carbonyl (C=O) groups is 1. The van der Waals surface area contributed by atoms with Crippen LogP contribution in [0, 0.1) is 0 Å². The van der Waals surface area contributed by atoms with Crippen LogP contribution in [0.3, 0.4) is 0 Å². The lowest BCUT2D eigenvalue weighted by Crippen LogP contribution is -2.39. The number of rotatable bonds is 6. The van der Waals surface area contributed by atoms with Crippen molar-refractivity contribution in [3.05, 3.63) is 29.3 Å². The number of aliphatic hydroxyl groups excluding tert-OH is 1. The SMILES string of the molecule is CCC(CO)NC(=O)Cn1nnc(-c2ccc(Cl)cc2)n1. The number of nitrogens with one attached hydrogen (secondary N) is 1. The van der Waals surface area contributed by atoms with Crippen molar-refractivity contribution >= 4 is 17.5 Å². The number of carbonyl (C=O) groups excluding carboxylic acids is 1. The van der Waals surface area contributed by atoms with E-state index in [9.17, 15) is 4.79 Å². The quantitative estimate of drug-likeness (QED) is 0.826. The Balaban J connectivity index is 2.00. The minimum absolute atomic E-state index is 0.0446. The number of hydrogen-bond acceptors (Lipinski definition) is 5. The van der Waals surface area contributed by atoms with E-state index in [0.29, 0.717) is 17.3 Å². The summed E-state index contributed by atoms with van der Waals surface area (Å²) in [5.74, 6) is 0.157. The molecule has 0 fully saturated rings. The fraction of sp³-hybridized carbons (Fsp3) is 0.385. The first-order valence-electron chi connectivity index (χ1n) is 6.56. The highest BCUT2D eigenvalue weighted by Gasteiger charge is 2.12. The summed E-state index contributed by atoms with van der Waals surface area (Å²) in [6, 6.07) is 6.77. The van der Waals surface area contributed by atoms with Gasteiger partial charge in [0.15, 0.2) is 0 Å². The largest absolute Gasteiger partial charge is 0.394 e. The summed E-state index contributed by atoms with van der Waals surface area (Å²) in [5, 5.41) is 24.2. The van der Waals surface area contributed by atoms with E-state index in [1.165, 1.54) is 4.80 Å². The predicted molar refractivity (Wildman–Crippen MR) is 77.6 cm³/mol. The molecule has 21 heavy (non-hydrogen) atoms. The van der Waals surface area contributed by atoms with E-state index >= 15 is 0 Å². The van der Waals surface area contributed by atoms with Crippen LogP contribution >= 0.6 is 11.6 Å². The second-order valence-electron chi connectivity index (χ2n) is 4.51. The first kappa shape index (κ1) is 15.4. The van der Waals surface area contributed by atoms with Gasteiger partial charge in [0.2, 0.25) is 11.7 Å². The van der Waals surface area contributed by atoms with Crippen LogP contribution in [0.15, 0.2) is 24.3 Å². The number of aromatic nitrogens is 4. The Labute approximate surface area is 126 Å². The maximum absolute atomic E-state index is 11.8. The second-order valence-corrected chi connectivity index (χ2v) is 4.94. The highest BCUT2D eigenvalue weighted by Crippen LogP contribution is 2.16. The van der Waals surface area contributed by atoms with Gasteiger partial charge < -0.3 is 10.4 Å². The van der Waals surface area contributed by atoms with E-state index in [4.69, 9.17) is 16.7 Å². The number of halogens is 1. The number of hydrogen-bond donors (Lipinski definition) is 2. The Hall–Kier alpha value is -1.99. The second kappa shape index (κ2) is 7.14. The number of tetrazole rings is 1. The summed E-state index contributed by atoms with van der Waals surface area (Å²) in [6.45, 7) is 1.74. The number of aliphatic hydroxyl groups is 1. The van der Waals surface area contributed by atoms with Gasteiger partial charge in [-0.25, -0.2) is 0 Å². The molecule has 8 heteroatoms. The Morgan fingerprint density at radius 1 is 1.43 bits per heavy atom. The van der Waals surface area contributed by atoms with Crippen molar-refractivity contribution in [1.82, 2.24) is 25.5 Å². The van der Waals surface area contributed by atoms with Crippen molar-refractivity contribution in [3.63, 3.8) is 0 Å². The molecule has 1 unspecified atom stereocenters. The average Bonchev–Trinajstić information content (AvgIpc) is 2.94. The summed E-state index contributed by atoms with van der Waals surface area (Å²) in [5.41, 5.74) is 0.771. The molecule has 1 aromatic heterocycles. The third kappa shape index (κ3) is 4.24. The minimum Gasteiger partial charge on any atom is -0.394 e. The highest BCUT2D eigenvalue weighted by molar-refractivity contribution is 6.30. The number of nitrogens with zero attached hydrogens (tertiary/aromatic N) is 4. The molecular formula is C13H16ClN5O2. The Bertz CT molecular complexity index is 595. The third-order valence-electron chi connectivity index (χ3n) is 2.92. The summed E-state index contributed by atoms with van der Waals surface area (Å²) >= 11 is 5.81. The lowest BCUT2D eigenvalue weighted by atomic mass is 10.2. The summed E-state index contributed by atoms with van der Waals surface area (Å²) in [4.78, 5) is 13.0. The van der Waals surface area contributed by atoms with E-state index in [0.717, 1.165) is 5.56 Å². The van der Waals surface area contributed by atoms with Crippen molar-refractivity contribution in [1.29, 1.82) is 0 Å². The maximum Gasteiger partial charge on any atom is 0.243 e. The van der Waals surface area contributed by atoms with E-state index in [1.54, 1.807) is 24.3 Å². The number of benzene rings is 1. The molecular weight excluding hydrogens is 294 g/mol. The third-order valence-corrected chi connectivity index (χ3v) is 3.17. The Kier molecular flexibility index (Phi) is 5.24. The Morgan fingerprint density at radius 3 is 2.76 bits per heavy atom. The van der Waals surface area contributed by atoms with Gasteiger partial charge in [0.05, 0.1) is 12.6 Å². The molecule has 1 amide bonds. The average molecular weight is 310 g/mol. The zero-order valence-corrected chi connectivity index (χ0v) is 12.3. The highest BCUT2D eigenvalue weighted by atomic mass is 35.5. The molecule has 0 bridgehead atoms. The van der Waals surface area contributed by atoms with Crippen molar-refractivity contribution in [2.75, 3.05) is 6.61 Å². The molecule has 0 spiro atoms. The zero-order valence-electron chi connectivity index (χ0n) is 11.5. The molecule has 1 aromatic carbocycles. The van der Waals surface area contributed by atoms with Crippen LogP contribution in [0.5, 0.6) is 0 Å². The van der Waals surface area contributed by atoms with Crippen molar-refractivity contribution in [3.8, 4) is 11.4 Å². The van der Waals surface area contributed by atoms with E-state index in [-0.39, 0.29) is 25.1 Å². The van der Waals surface area contributed by atoms with Gasteiger partial charge in [0.1, 0.15) is 6.54 Å². The van der Waals surface area contributed by atoms with Crippen molar-refractivity contribution < 1.29 is 9.90 Å². The van der Waals surface area contributed by atoms with Gasteiger partial charge in [-0.3, -0.25) is 4.79 Å². The molecule has 0 aliphatic heterocycles. The molecule has 0 saturated carbocycles. The normalized spacial score (nSPS) is 12.1.